The highest BCUT2D eigenvalue weighted by atomic mass is 16.5. The van der Waals surface area contributed by atoms with Crippen molar-refractivity contribution in [3.05, 3.63) is 18.3 Å². The minimum atomic E-state index is -0.162. The van der Waals surface area contributed by atoms with Gasteiger partial charge in [-0.05, 0) is 31.4 Å². The summed E-state index contributed by atoms with van der Waals surface area (Å²) in [6.45, 7) is 0.932. The van der Waals surface area contributed by atoms with E-state index in [1.807, 2.05) is 12.1 Å². The largest absolute Gasteiger partial charge is 0.495 e. The highest BCUT2D eigenvalue weighted by molar-refractivity contribution is 5.70. The van der Waals surface area contributed by atoms with Gasteiger partial charge in [-0.2, -0.15) is 0 Å². The Morgan fingerprint density at radius 2 is 2.26 bits per heavy atom. The molecule has 1 saturated heterocycles. The number of esters is 1. The standard InChI is InChI=1S/C14H20N2O3/c1-18-12-6-7-13(15-10-12)16-8-4-3-5-11(16)9-14(17)19-2/h6-7,10-11H,3-5,8-9H2,1-2H3. The summed E-state index contributed by atoms with van der Waals surface area (Å²) in [4.78, 5) is 18.1. The van der Waals surface area contributed by atoms with E-state index in [9.17, 15) is 4.79 Å². The smallest absolute Gasteiger partial charge is 0.307 e. The van der Waals surface area contributed by atoms with Crippen LogP contribution in [0.3, 0.4) is 0 Å². The molecule has 19 heavy (non-hydrogen) atoms. The van der Waals surface area contributed by atoms with Crippen LogP contribution in [0.15, 0.2) is 18.3 Å². The third-order valence-electron chi connectivity index (χ3n) is 3.51. The predicted molar refractivity (Wildman–Crippen MR) is 72.4 cm³/mol. The molecule has 1 aromatic rings. The van der Waals surface area contributed by atoms with E-state index in [2.05, 4.69) is 9.88 Å². The summed E-state index contributed by atoms with van der Waals surface area (Å²) in [5.41, 5.74) is 0. The molecule has 0 aliphatic carbocycles. The fourth-order valence-corrected chi connectivity index (χ4v) is 2.45. The minimum absolute atomic E-state index is 0.162. The fraction of sp³-hybridized carbons (Fsp3) is 0.571. The van der Waals surface area contributed by atoms with Gasteiger partial charge in [0.15, 0.2) is 0 Å². The van der Waals surface area contributed by atoms with Gasteiger partial charge in [-0.25, -0.2) is 4.98 Å². The summed E-state index contributed by atoms with van der Waals surface area (Å²) in [7, 11) is 3.05. The lowest BCUT2D eigenvalue weighted by Crippen LogP contribution is -2.41. The quantitative estimate of drug-likeness (QED) is 0.779. The number of carbonyl (C=O) groups is 1. The van der Waals surface area contributed by atoms with Crippen LogP contribution in [0.4, 0.5) is 5.82 Å². The Balaban J connectivity index is 2.11. The van der Waals surface area contributed by atoms with Crippen LogP contribution in [0, 0.1) is 0 Å². The highest BCUT2D eigenvalue weighted by Crippen LogP contribution is 2.26. The molecule has 1 fully saturated rings. The number of hydrogen-bond donors (Lipinski definition) is 0. The van der Waals surface area contributed by atoms with Crippen molar-refractivity contribution in [3.63, 3.8) is 0 Å². The van der Waals surface area contributed by atoms with Crippen LogP contribution >= 0.6 is 0 Å². The molecule has 0 radical (unpaired) electrons. The maximum Gasteiger partial charge on any atom is 0.307 e. The van der Waals surface area contributed by atoms with E-state index in [1.165, 1.54) is 7.11 Å². The second-order valence-corrected chi connectivity index (χ2v) is 4.68. The van der Waals surface area contributed by atoms with Gasteiger partial charge in [0.25, 0.3) is 0 Å². The van der Waals surface area contributed by atoms with Crippen molar-refractivity contribution in [1.29, 1.82) is 0 Å². The number of anilines is 1. The Morgan fingerprint density at radius 3 is 2.89 bits per heavy atom. The number of piperidine rings is 1. The lowest BCUT2D eigenvalue weighted by molar-refractivity contribution is -0.141. The Bertz CT molecular complexity index is 419. The molecular weight excluding hydrogens is 244 g/mol. The Kier molecular flexibility index (Phi) is 4.60. The van der Waals surface area contributed by atoms with Crippen LogP contribution in [0.5, 0.6) is 5.75 Å². The first-order valence-corrected chi connectivity index (χ1v) is 6.58. The summed E-state index contributed by atoms with van der Waals surface area (Å²) >= 11 is 0. The number of nitrogens with zero attached hydrogens (tertiary/aromatic N) is 2. The zero-order valence-electron chi connectivity index (χ0n) is 11.5. The number of methoxy groups -OCH3 is 2. The normalized spacial score (nSPS) is 19.1. The summed E-state index contributed by atoms with van der Waals surface area (Å²) in [6, 6.07) is 4.02. The van der Waals surface area contributed by atoms with E-state index in [-0.39, 0.29) is 12.0 Å². The van der Waals surface area contributed by atoms with E-state index in [4.69, 9.17) is 9.47 Å². The van der Waals surface area contributed by atoms with Crippen molar-refractivity contribution in [2.75, 3.05) is 25.7 Å². The first-order valence-electron chi connectivity index (χ1n) is 6.58. The molecule has 2 rings (SSSR count). The molecule has 104 valence electrons. The molecule has 0 amide bonds. The Hall–Kier alpha value is -1.78. The maximum atomic E-state index is 11.5. The molecule has 1 atom stereocenters. The monoisotopic (exact) mass is 264 g/mol. The molecule has 1 unspecified atom stereocenters. The van der Waals surface area contributed by atoms with Crippen LogP contribution in [0.1, 0.15) is 25.7 Å². The number of rotatable bonds is 4. The van der Waals surface area contributed by atoms with Crippen molar-refractivity contribution in [3.8, 4) is 5.75 Å². The lowest BCUT2D eigenvalue weighted by atomic mass is 9.99. The number of ether oxygens (including phenoxy) is 2. The van der Waals surface area contributed by atoms with Crippen LogP contribution in [0.25, 0.3) is 0 Å². The SMILES string of the molecule is COC(=O)CC1CCCCN1c1ccc(OC)cn1. The van der Waals surface area contributed by atoms with E-state index in [1.54, 1.807) is 13.3 Å². The topological polar surface area (TPSA) is 51.7 Å². The molecule has 5 nitrogen and oxygen atoms in total. The van der Waals surface area contributed by atoms with Gasteiger partial charge in [-0.3, -0.25) is 4.79 Å². The molecule has 1 aliphatic heterocycles. The fourth-order valence-electron chi connectivity index (χ4n) is 2.45. The summed E-state index contributed by atoms with van der Waals surface area (Å²) < 4.78 is 9.88. The minimum Gasteiger partial charge on any atom is -0.495 e. The van der Waals surface area contributed by atoms with Gasteiger partial charge < -0.3 is 14.4 Å². The van der Waals surface area contributed by atoms with E-state index in [0.29, 0.717) is 6.42 Å². The van der Waals surface area contributed by atoms with Crippen molar-refractivity contribution < 1.29 is 14.3 Å². The number of pyridine rings is 1. The third kappa shape index (κ3) is 3.36. The number of carbonyl (C=O) groups excluding carboxylic acids is 1. The molecule has 5 heteroatoms. The van der Waals surface area contributed by atoms with Crippen LogP contribution in [-0.2, 0) is 9.53 Å². The second-order valence-electron chi connectivity index (χ2n) is 4.68. The van der Waals surface area contributed by atoms with Gasteiger partial charge in [-0.15, -0.1) is 0 Å². The zero-order valence-corrected chi connectivity index (χ0v) is 11.5. The van der Waals surface area contributed by atoms with Crippen molar-refractivity contribution >= 4 is 11.8 Å². The molecule has 0 N–H and O–H groups in total. The average Bonchev–Trinajstić information content (AvgIpc) is 2.48. The molecule has 2 heterocycles. The molecular formula is C14H20N2O3. The highest BCUT2D eigenvalue weighted by Gasteiger charge is 2.26. The number of hydrogen-bond acceptors (Lipinski definition) is 5. The van der Waals surface area contributed by atoms with Gasteiger partial charge >= 0.3 is 5.97 Å². The zero-order chi connectivity index (χ0) is 13.7. The maximum absolute atomic E-state index is 11.5. The van der Waals surface area contributed by atoms with E-state index >= 15 is 0 Å². The summed E-state index contributed by atoms with van der Waals surface area (Å²) in [5.74, 6) is 1.48. The number of aromatic nitrogens is 1. The first-order chi connectivity index (χ1) is 9.24. The van der Waals surface area contributed by atoms with Crippen LogP contribution < -0.4 is 9.64 Å². The van der Waals surface area contributed by atoms with Gasteiger partial charge in [-0.1, -0.05) is 0 Å². The van der Waals surface area contributed by atoms with Gasteiger partial charge in [0, 0.05) is 12.6 Å². The van der Waals surface area contributed by atoms with Gasteiger partial charge in [0.05, 0.1) is 26.8 Å². The predicted octanol–water partition coefficient (Wildman–Crippen LogP) is 2.01. The van der Waals surface area contributed by atoms with Crippen molar-refractivity contribution in [1.82, 2.24) is 4.98 Å². The molecule has 0 aromatic carbocycles. The molecule has 0 saturated carbocycles. The Morgan fingerprint density at radius 1 is 1.42 bits per heavy atom. The Labute approximate surface area is 113 Å². The van der Waals surface area contributed by atoms with E-state index < -0.39 is 0 Å². The third-order valence-corrected chi connectivity index (χ3v) is 3.51. The molecule has 0 bridgehead atoms. The van der Waals surface area contributed by atoms with Gasteiger partial charge in [0.2, 0.25) is 0 Å². The molecule has 1 aliphatic rings. The van der Waals surface area contributed by atoms with Crippen molar-refractivity contribution in [2.24, 2.45) is 0 Å². The molecule has 1 aromatic heterocycles. The van der Waals surface area contributed by atoms with Gasteiger partial charge in [0.1, 0.15) is 11.6 Å². The average molecular weight is 264 g/mol. The summed E-state index contributed by atoms with van der Waals surface area (Å²) in [5, 5.41) is 0. The van der Waals surface area contributed by atoms with Crippen LogP contribution in [-0.4, -0.2) is 37.8 Å². The van der Waals surface area contributed by atoms with Crippen molar-refractivity contribution in [2.45, 2.75) is 31.7 Å². The second kappa shape index (κ2) is 6.41. The van der Waals surface area contributed by atoms with E-state index in [0.717, 1.165) is 37.4 Å². The van der Waals surface area contributed by atoms with Crippen LogP contribution in [0.2, 0.25) is 0 Å². The molecule has 0 spiro atoms. The first kappa shape index (κ1) is 13.6. The lowest BCUT2D eigenvalue weighted by Gasteiger charge is -2.36. The summed E-state index contributed by atoms with van der Waals surface area (Å²) in [6.07, 6.45) is 5.41.